The lowest BCUT2D eigenvalue weighted by atomic mass is 9.96. The summed E-state index contributed by atoms with van der Waals surface area (Å²) in [4.78, 5) is 144. The Kier molecular flexibility index (Phi) is 24.9. The summed E-state index contributed by atoms with van der Waals surface area (Å²) in [5.41, 5.74) is 19.0. The van der Waals surface area contributed by atoms with Crippen molar-refractivity contribution in [2.45, 2.75) is 120 Å². The summed E-state index contributed by atoms with van der Waals surface area (Å²) in [6.45, 7) is 1.29. The number of carbonyl (C=O) groups excluding carboxylic acids is 8. The van der Waals surface area contributed by atoms with Crippen molar-refractivity contribution >= 4 is 87.0 Å². The molecule has 0 aliphatic heterocycles. The quantitative estimate of drug-likeness (QED) is 0.0120. The molecule has 22 N–H and O–H groups in total. The van der Waals surface area contributed by atoms with Gasteiger partial charge in [-0.2, -0.15) is 0 Å². The largest absolute Gasteiger partial charge is 0.481 e. The molecular weight excluding hydrogens is 1060 g/mol. The Labute approximate surface area is 463 Å². The zero-order valence-corrected chi connectivity index (χ0v) is 44.6. The third-order valence-corrected chi connectivity index (χ3v) is 13.1. The lowest BCUT2D eigenvalue weighted by Gasteiger charge is -2.29. The van der Waals surface area contributed by atoms with Crippen molar-refractivity contribution in [2.75, 3.05) is 26.4 Å². The third kappa shape index (κ3) is 19.0. The molecule has 8 amide bonds. The van der Waals surface area contributed by atoms with Gasteiger partial charge < -0.3 is 100 Å². The molecule has 0 unspecified atom stereocenters. The molecule has 81 heavy (non-hydrogen) atoms. The Bertz CT molecular complexity index is 2890. The molecule has 4 aromatic rings. The molecule has 0 aliphatic carbocycles. The molecular formula is C51H72N14O16. The van der Waals surface area contributed by atoms with Crippen molar-refractivity contribution in [1.82, 2.24) is 52.5 Å². The number of guanidine groups is 1. The van der Waals surface area contributed by atoms with Crippen LogP contribution in [-0.4, -0.2) is 193 Å². The van der Waals surface area contributed by atoms with Gasteiger partial charge in [0.25, 0.3) is 0 Å². The number of rotatable bonds is 33. The molecule has 0 radical (unpaired) electrons. The number of hydrogen-bond donors (Lipinski definition) is 19. The summed E-state index contributed by atoms with van der Waals surface area (Å²) >= 11 is 0. The number of carbonyl (C=O) groups is 10. The highest BCUT2D eigenvalue weighted by Gasteiger charge is 2.37. The van der Waals surface area contributed by atoms with E-state index in [1.807, 2.05) is 0 Å². The van der Waals surface area contributed by atoms with Crippen LogP contribution in [0.1, 0.15) is 57.6 Å². The highest BCUT2D eigenvalue weighted by Crippen LogP contribution is 2.21. The number of aliphatic hydroxyl groups excluding tert-OH is 4. The van der Waals surface area contributed by atoms with Crippen LogP contribution in [0.3, 0.4) is 0 Å². The first-order valence-electron chi connectivity index (χ1n) is 25.7. The number of nitrogens with one attached hydrogen (secondary N) is 10. The summed E-state index contributed by atoms with van der Waals surface area (Å²) in [6, 6.07) is -1.13. The summed E-state index contributed by atoms with van der Waals surface area (Å²) in [6.07, 6.45) is -0.0782. The second-order valence-electron chi connectivity index (χ2n) is 19.1. The van der Waals surface area contributed by atoms with E-state index in [0.717, 1.165) is 17.8 Å². The van der Waals surface area contributed by atoms with E-state index < -0.39 is 152 Å². The third-order valence-electron chi connectivity index (χ3n) is 13.1. The van der Waals surface area contributed by atoms with Crippen LogP contribution in [-0.2, 0) is 60.8 Å². The molecule has 2 aromatic heterocycles. The standard InChI is InChI=1S/C51H72N14O16/c1-4-24(2)40(64-45(75)34(59-42(72)30(52)21-66)16-26-19-56-31-12-7-5-10-28(26)31)49(79)63-38(23-68)48(78)62-37(22-67)47(77)58-33(14-9-15-55-51(53)54)43(73)61-36(18-39(70)71)44(74)60-35(46(76)65-41(25(3)69)50(80)81)17-27-20-57-32-13-8-6-11-29(27)32/h5-8,10-13,19-20,24-25,30,33-38,40-41,56-57,66-69H,4,9,14-18,21-23,52H2,1-3H3,(H,58,77)(H,59,72)(H,60,74)(H,61,73)(H,62,78)(H,63,79)(H,64,75)(H,65,76)(H,70,71)(H,80,81)(H4,53,54,55)/t24-,25+,30-,33-,34-,35-,36-,37-,38-,40-,41-/m0/s1. The zero-order valence-electron chi connectivity index (χ0n) is 44.6. The van der Waals surface area contributed by atoms with Gasteiger partial charge in [-0.3, -0.25) is 48.1 Å². The first kappa shape index (κ1) is 64.8. The van der Waals surface area contributed by atoms with Crippen LogP contribution < -0.4 is 59.7 Å². The van der Waals surface area contributed by atoms with Crippen LogP contribution in [0.5, 0.6) is 0 Å². The van der Waals surface area contributed by atoms with Crippen LogP contribution in [0.15, 0.2) is 65.9 Å². The van der Waals surface area contributed by atoms with E-state index in [2.05, 4.69) is 57.5 Å². The molecule has 2 aromatic carbocycles. The molecule has 30 nitrogen and oxygen atoms in total. The first-order chi connectivity index (χ1) is 38.4. The van der Waals surface area contributed by atoms with E-state index in [0.29, 0.717) is 22.0 Å². The maximum atomic E-state index is 14.1. The lowest BCUT2D eigenvalue weighted by Crippen LogP contribution is -2.62. The highest BCUT2D eigenvalue weighted by molar-refractivity contribution is 5.99. The fourth-order valence-corrected chi connectivity index (χ4v) is 8.31. The normalized spacial score (nSPS) is 15.3. The number of aromatic amines is 2. The van der Waals surface area contributed by atoms with Gasteiger partial charge in [0.05, 0.1) is 32.3 Å². The van der Waals surface area contributed by atoms with Gasteiger partial charge in [0.15, 0.2) is 12.0 Å². The van der Waals surface area contributed by atoms with E-state index in [-0.39, 0.29) is 44.6 Å². The van der Waals surface area contributed by atoms with Gasteiger partial charge in [-0.05, 0) is 48.9 Å². The first-order valence-corrected chi connectivity index (χ1v) is 25.7. The Hall–Kier alpha value is -8.71. The van der Waals surface area contributed by atoms with Gasteiger partial charge in [-0.1, -0.05) is 56.7 Å². The average Bonchev–Trinajstić information content (AvgIpc) is 4.04. The van der Waals surface area contributed by atoms with E-state index in [1.165, 1.54) is 6.20 Å². The van der Waals surface area contributed by atoms with Gasteiger partial charge in [0.2, 0.25) is 47.3 Å². The van der Waals surface area contributed by atoms with Gasteiger partial charge in [0, 0.05) is 53.6 Å². The molecule has 0 fully saturated rings. The number of amides is 8. The van der Waals surface area contributed by atoms with Gasteiger partial charge in [0.1, 0.15) is 48.3 Å². The van der Waals surface area contributed by atoms with Crippen molar-refractivity contribution < 1.29 is 78.6 Å². The number of aliphatic hydroxyl groups is 4. The van der Waals surface area contributed by atoms with E-state index in [9.17, 15) is 78.6 Å². The summed E-state index contributed by atoms with van der Waals surface area (Å²) < 4.78 is 0. The molecule has 442 valence electrons. The van der Waals surface area contributed by atoms with Crippen molar-refractivity contribution in [3.63, 3.8) is 0 Å². The number of hydrogen-bond acceptors (Lipinski definition) is 16. The Morgan fingerprint density at radius 3 is 1.43 bits per heavy atom. The molecule has 0 spiro atoms. The molecule has 30 heteroatoms. The van der Waals surface area contributed by atoms with Crippen LogP contribution >= 0.6 is 0 Å². The van der Waals surface area contributed by atoms with Crippen LogP contribution in [0, 0.1) is 5.92 Å². The fourth-order valence-electron chi connectivity index (χ4n) is 8.31. The zero-order chi connectivity index (χ0) is 60.1. The summed E-state index contributed by atoms with van der Waals surface area (Å²) in [7, 11) is 0. The average molecular weight is 1140 g/mol. The molecule has 0 bridgehead atoms. The summed E-state index contributed by atoms with van der Waals surface area (Å²) in [5, 5.41) is 79.8. The number of carboxylic acids is 2. The number of nitrogens with two attached hydrogens (primary N) is 3. The Morgan fingerprint density at radius 2 is 0.975 bits per heavy atom. The lowest BCUT2D eigenvalue weighted by molar-refractivity contribution is -0.145. The molecule has 2 heterocycles. The van der Waals surface area contributed by atoms with E-state index >= 15 is 0 Å². The van der Waals surface area contributed by atoms with Crippen molar-refractivity contribution in [3.8, 4) is 0 Å². The second kappa shape index (κ2) is 31.2. The van der Waals surface area contributed by atoms with Crippen molar-refractivity contribution in [2.24, 2.45) is 28.1 Å². The molecule has 4 rings (SSSR count). The monoisotopic (exact) mass is 1140 g/mol. The summed E-state index contributed by atoms with van der Waals surface area (Å²) in [5.74, 6) is -13.0. The number of aliphatic imine (C=N–C) groups is 1. The Balaban J connectivity index is 1.53. The molecule has 0 saturated heterocycles. The maximum Gasteiger partial charge on any atom is 0.328 e. The predicted molar refractivity (Wildman–Crippen MR) is 290 cm³/mol. The number of aliphatic carboxylic acids is 2. The number of nitrogens with zero attached hydrogens (tertiary/aromatic N) is 1. The minimum Gasteiger partial charge on any atom is -0.481 e. The molecule has 0 saturated carbocycles. The number of para-hydroxylation sites is 2. The van der Waals surface area contributed by atoms with Gasteiger partial charge >= 0.3 is 11.9 Å². The predicted octanol–water partition coefficient (Wildman–Crippen LogP) is -5.34. The number of H-pyrrole nitrogens is 2. The van der Waals surface area contributed by atoms with Crippen molar-refractivity contribution in [1.29, 1.82) is 0 Å². The van der Waals surface area contributed by atoms with Gasteiger partial charge in [-0.15, -0.1) is 0 Å². The minimum atomic E-state index is -1.99. The number of fused-ring (bicyclic) bond motifs is 2. The maximum absolute atomic E-state index is 14.1. The Morgan fingerprint density at radius 1 is 0.556 bits per heavy atom. The van der Waals surface area contributed by atoms with Crippen LogP contribution in [0.4, 0.5) is 0 Å². The van der Waals surface area contributed by atoms with E-state index in [4.69, 9.17) is 17.2 Å². The van der Waals surface area contributed by atoms with Crippen LogP contribution in [0.25, 0.3) is 21.8 Å². The minimum absolute atomic E-state index is 0.0536. The topological polar surface area (TPSA) is 510 Å². The van der Waals surface area contributed by atoms with Gasteiger partial charge in [-0.25, -0.2) is 4.79 Å². The van der Waals surface area contributed by atoms with Crippen LogP contribution in [0.2, 0.25) is 0 Å². The SMILES string of the molecule is CC[C@H](C)[C@H](NC(=O)[C@H](Cc1c[nH]c2ccccc12)NC(=O)[C@@H](N)CO)C(=O)N[C@@H](CO)C(=O)N[C@@H](CO)C(=O)N[C@@H](CCCN=C(N)N)C(=O)N[C@@H](CC(=O)O)C(=O)N[C@@H](Cc1c[nH]c2ccccc12)C(=O)N[C@H](C(=O)O)[C@@H](C)O. The molecule has 11 atom stereocenters. The number of aromatic nitrogens is 2. The fraction of sp³-hybridized carbons (Fsp3) is 0.471. The second-order valence-corrected chi connectivity index (χ2v) is 19.1. The molecule has 0 aliphatic rings. The van der Waals surface area contributed by atoms with E-state index in [1.54, 1.807) is 68.6 Å². The number of carboxylic acid groups (broad SMARTS) is 2. The van der Waals surface area contributed by atoms with Crippen molar-refractivity contribution in [3.05, 3.63) is 72.1 Å². The number of benzene rings is 2. The smallest absolute Gasteiger partial charge is 0.328 e. The highest BCUT2D eigenvalue weighted by atomic mass is 16.4.